The van der Waals surface area contributed by atoms with Gasteiger partial charge in [0.2, 0.25) is 0 Å². The van der Waals surface area contributed by atoms with E-state index in [1.54, 1.807) is 68.7 Å². The van der Waals surface area contributed by atoms with E-state index in [0.717, 1.165) is 151 Å². The number of hydrogen-bond donors (Lipinski definition) is 10. The smallest absolute Gasteiger partial charge is 0.870 e. The third-order valence-corrected chi connectivity index (χ3v) is 29.9. The summed E-state index contributed by atoms with van der Waals surface area (Å²) in [5.41, 5.74) is -6.68. The van der Waals surface area contributed by atoms with Crippen molar-refractivity contribution in [3.63, 3.8) is 0 Å². The number of likely N-dealkylation sites (tertiary alicyclic amines) is 3. The zero-order valence-electron chi connectivity index (χ0n) is 80.0. The van der Waals surface area contributed by atoms with Crippen LogP contribution in [-0.4, -0.2) is 227 Å². The number of amides is 4. The summed E-state index contributed by atoms with van der Waals surface area (Å²) in [4.78, 5) is 90.1. The van der Waals surface area contributed by atoms with Gasteiger partial charge in [0, 0.05) is 119 Å². The van der Waals surface area contributed by atoms with Gasteiger partial charge in [0.05, 0.1) is 56.6 Å². The van der Waals surface area contributed by atoms with E-state index in [2.05, 4.69) is 36.6 Å². The van der Waals surface area contributed by atoms with Gasteiger partial charge in [-0.15, -0.1) is 24.8 Å². The molecule has 0 unspecified atom stereocenters. The number of esters is 2. The number of aromatic carboxylic acids is 1. The summed E-state index contributed by atoms with van der Waals surface area (Å²) in [7, 11) is 9.75. The molecule has 4 aliphatic heterocycles. The maximum absolute atomic E-state index is 13.9. The zero-order valence-corrected chi connectivity index (χ0v) is 86.6. The number of benzene rings is 7. The molecule has 0 bridgehead atoms. The van der Waals surface area contributed by atoms with Crippen LogP contribution in [0.1, 0.15) is 187 Å². The number of piperidine rings is 4. The number of methoxy groups -OCH3 is 2. The molecule has 4 heterocycles. The van der Waals surface area contributed by atoms with Crippen LogP contribution in [0, 0.1) is 45.3 Å². The summed E-state index contributed by atoms with van der Waals surface area (Å²) in [6, 6.07) is 40.0. The molecule has 4 spiro atoms. The minimum atomic E-state index is -5.13. The first-order valence-electron chi connectivity index (χ1n) is 46.4. The first-order valence-corrected chi connectivity index (χ1v) is 47.9. The molecule has 8 fully saturated rings. The molecule has 7 aromatic rings. The monoisotopic (exact) mass is 2110 g/mol. The first kappa shape index (κ1) is 120. The van der Waals surface area contributed by atoms with Gasteiger partial charge in [0.1, 0.15) is 0 Å². The number of ether oxygens (including phenoxy) is 2. The van der Waals surface area contributed by atoms with Crippen LogP contribution < -0.4 is 61.5 Å². The van der Waals surface area contributed by atoms with Crippen molar-refractivity contribution in [2.75, 3.05) is 142 Å². The Hall–Kier alpha value is -8.10. The number of nitrogens with zero attached hydrogens (tertiary/aromatic N) is 4. The van der Waals surface area contributed by atoms with Gasteiger partial charge in [-0.1, -0.05) is 137 Å². The summed E-state index contributed by atoms with van der Waals surface area (Å²) >= 11 is 24.5. The van der Waals surface area contributed by atoms with E-state index in [1.165, 1.54) is 125 Å². The third kappa shape index (κ3) is 29.0. The Morgan fingerprint density at radius 2 is 0.638 bits per heavy atom. The molecular formula is C101H126Cl6F9N10NaO14. The molecule has 4 saturated heterocycles. The number of carbonyl (C=O) groups excluding carboxylic acids is 6. The number of nitrogens with one attached hydrogen (secondary N) is 6. The van der Waals surface area contributed by atoms with Crippen LogP contribution in [0.4, 0.5) is 62.3 Å². The van der Waals surface area contributed by atoms with Crippen LogP contribution in [0.2, 0.25) is 20.1 Å². The molecule has 8 aliphatic rings. The fourth-order valence-electron chi connectivity index (χ4n) is 20.1. The molecule has 141 heavy (non-hydrogen) atoms. The second-order valence-electron chi connectivity index (χ2n) is 37.4. The minimum Gasteiger partial charge on any atom is -0.870 e. The minimum absolute atomic E-state index is 0. The SMILES string of the molecule is CN(C)C(=O)c1ccc(NCCC[C@@H]2CC23CCN(C(=O)[C@](O)(c2ccccc2)C(F)(F)F)CC3)cc1Cl.CNC.COC(=O)c1ccc(NCCC[C@@H]2CC23CCN(C(=O)[C@](O)(c2ccccc2)C(F)(F)F)CC3)cc1Cl.COC(=O)c1ccc(NCCC[C@@H]2CC23CCNCC3)cc1Cl.Cl.Cl.O=C(O)c1ccc(NCCC[C@@H]2CC23CCN(C(=O)[C@](O)(c2ccccc2)C(F)(F)F)CC3)cc1Cl.[Na+].[OH-]. The van der Waals surface area contributed by atoms with Crippen LogP contribution in [0.5, 0.6) is 0 Å². The number of hydrogen-bond acceptors (Lipinski definition) is 19. The van der Waals surface area contributed by atoms with Crippen molar-refractivity contribution in [3.8, 4) is 0 Å². The quantitative estimate of drug-likeness (QED) is 0.00865. The largest absolute Gasteiger partial charge is 1.00 e. The van der Waals surface area contributed by atoms with Crippen molar-refractivity contribution in [2.45, 2.75) is 164 Å². The van der Waals surface area contributed by atoms with E-state index in [0.29, 0.717) is 107 Å². The zero-order chi connectivity index (χ0) is 99.7. The molecule has 7 aromatic carbocycles. The van der Waals surface area contributed by atoms with Gasteiger partial charge >= 0.3 is 66.0 Å². The van der Waals surface area contributed by atoms with E-state index in [9.17, 15) is 88.4 Å². The molecular weight excluding hydrogens is 1980 g/mol. The average molecular weight is 2110 g/mol. The molecule has 15 rings (SSSR count). The predicted molar refractivity (Wildman–Crippen MR) is 527 cm³/mol. The summed E-state index contributed by atoms with van der Waals surface area (Å²) < 4.78 is 134. The molecule has 0 aromatic heterocycles. The van der Waals surface area contributed by atoms with Crippen LogP contribution in [0.3, 0.4) is 0 Å². The summed E-state index contributed by atoms with van der Waals surface area (Å²) in [6.45, 7) is 6.62. The van der Waals surface area contributed by atoms with Gasteiger partial charge in [0.25, 0.3) is 40.4 Å². The number of rotatable bonds is 30. The molecule has 11 N–H and O–H groups in total. The van der Waals surface area contributed by atoms with Crippen molar-refractivity contribution in [1.82, 2.24) is 30.2 Å². The van der Waals surface area contributed by atoms with Gasteiger partial charge in [-0.2, -0.15) is 39.5 Å². The molecule has 4 amide bonds. The van der Waals surface area contributed by atoms with Crippen molar-refractivity contribution in [1.29, 1.82) is 0 Å². The molecule has 770 valence electrons. The van der Waals surface area contributed by atoms with Gasteiger partial charge in [0.15, 0.2) is 0 Å². The van der Waals surface area contributed by atoms with Crippen molar-refractivity contribution in [3.05, 3.63) is 223 Å². The first-order chi connectivity index (χ1) is 64.9. The summed E-state index contributed by atoms with van der Waals surface area (Å²) in [5.74, 6) is -3.74. The van der Waals surface area contributed by atoms with Gasteiger partial charge in [-0.05, 0) is 274 Å². The molecule has 0 radical (unpaired) electrons. The average Bonchev–Trinajstić information content (AvgIpc) is 1.57. The number of alkyl halides is 9. The summed E-state index contributed by atoms with van der Waals surface area (Å²) in [6.07, 6.45) is 3.55. The topological polar surface area (TPSA) is 334 Å². The maximum Gasteiger partial charge on any atom is 1.00 e. The van der Waals surface area contributed by atoms with Crippen LogP contribution >= 0.6 is 71.2 Å². The fourth-order valence-corrected chi connectivity index (χ4v) is 21.2. The number of carbonyl (C=O) groups is 7. The Balaban J connectivity index is 0.000000254. The Labute approximate surface area is 871 Å². The van der Waals surface area contributed by atoms with E-state index in [-0.39, 0.29) is 132 Å². The maximum atomic E-state index is 13.9. The predicted octanol–water partition coefficient (Wildman–Crippen LogP) is 17.2. The molecule has 4 aliphatic carbocycles. The fraction of sp³-hybridized carbons (Fsp3) is 0.515. The Morgan fingerprint density at radius 3 is 0.858 bits per heavy atom. The third-order valence-electron chi connectivity index (χ3n) is 28.7. The number of carboxylic acids is 1. The van der Waals surface area contributed by atoms with Crippen molar-refractivity contribution >= 4 is 136 Å². The van der Waals surface area contributed by atoms with Gasteiger partial charge < -0.3 is 86.9 Å². The number of anilines is 4. The Morgan fingerprint density at radius 1 is 0.404 bits per heavy atom. The second-order valence-corrected chi connectivity index (χ2v) is 39.1. The molecule has 24 nitrogen and oxygen atoms in total. The Bertz CT molecular complexity index is 5300. The normalized spacial score (nSPS) is 19.7. The van der Waals surface area contributed by atoms with Gasteiger partial charge in [-0.3, -0.25) is 19.2 Å². The molecule has 4 saturated carbocycles. The Kier molecular flexibility index (Phi) is 44.0. The number of halogens is 15. The number of aliphatic hydroxyl groups is 3. The standard InChI is InChI=1S/C28H33ClF3N3O3.C27H30ClF3N2O4.C26H28ClF3N2O4.C18H25ClN2O2.C2H7N.2ClH.Na.H2O/c1-34(2)24(36)22-11-10-21(17-23(22)29)33-14-6-9-20-18-26(20)12-15-35(16-13-26)25(37)27(38,28(30,31)32)19-7-4-3-5-8-19;1-37-23(34)21-10-9-20(16-22(21)28)32-13-5-8-19-17-25(19)11-14-33(15-12-25)24(35)26(36,27(29,30)31)18-6-3-2-4-7-18;27-21-15-19(8-9-20(21)22(33)34)31-12-4-7-18-16-24(18)10-13-32(14-11-24)23(35)25(36,26(28,29)30)17-5-2-1-3-6-17;1-23-17(22)15-5-4-14(11-16(15)19)21-8-2-3-13-12-18(13)6-9-20-10-7-18;1-3-2;;;;/h3-5,7-8,10-11,17,20,33,38H,6,9,12-16,18H2,1-2H3;2-4,6-7,9-10,16,19,32,36H,5,8,11-15,17H2,1H3;1-3,5-6,8-9,15,18,31,36H,4,7,10-14,16H2,(H,33,34);4-5,11,13,20-21H,2-3,6-10,12H2,1H3;3H,1-2H3;2*1H;;1H2/q;;;;;;;+1;/p-1/t20-,27-;19-,26-;18-,25-;13-;;;;;/m1111...../s1. The van der Waals surface area contributed by atoms with Crippen molar-refractivity contribution < 1.29 is 138 Å². The molecule has 40 heteroatoms. The number of carboxylic acid groups (broad SMARTS) is 1. The van der Waals surface area contributed by atoms with Crippen molar-refractivity contribution in [2.24, 2.45) is 45.3 Å². The van der Waals surface area contributed by atoms with E-state index >= 15 is 0 Å². The second kappa shape index (κ2) is 51.8. The summed E-state index contributed by atoms with van der Waals surface area (Å²) in [5, 5.41) is 61.6. The molecule has 7 atom stereocenters. The van der Waals surface area contributed by atoms with Crippen LogP contribution in [0.15, 0.2) is 164 Å². The van der Waals surface area contributed by atoms with E-state index in [1.807, 2.05) is 26.2 Å². The van der Waals surface area contributed by atoms with Gasteiger partial charge in [-0.25, -0.2) is 14.4 Å². The van der Waals surface area contributed by atoms with E-state index < -0.39 is 87.7 Å². The van der Waals surface area contributed by atoms with Crippen LogP contribution in [0.25, 0.3) is 0 Å². The van der Waals surface area contributed by atoms with E-state index in [4.69, 9.17) is 56.2 Å². The van der Waals surface area contributed by atoms with Crippen LogP contribution in [-0.2, 0) is 40.7 Å².